The predicted molar refractivity (Wildman–Crippen MR) is 107 cm³/mol. The highest BCUT2D eigenvalue weighted by Gasteiger charge is 2.60. The van der Waals surface area contributed by atoms with Crippen molar-refractivity contribution >= 4 is 17.9 Å². The Morgan fingerprint density at radius 3 is 2.35 bits per heavy atom. The molecule has 0 radical (unpaired) electrons. The van der Waals surface area contributed by atoms with Crippen LogP contribution in [-0.2, 0) is 35.2 Å². The standard InChI is InChI=1S/C23H23NO7/c1-2-28-23(27)19-18-20(31-24(19)13-15-9-5-3-6-10-15)17(30-22(18)26)14-29-21(25)16-11-7-4-8-12-16/h3-12,17-20H,2,13-14H2,1H3/t17-,18-,19+,20-/m1/s1. The van der Waals surface area contributed by atoms with Crippen LogP contribution in [0.3, 0.4) is 0 Å². The van der Waals surface area contributed by atoms with Gasteiger partial charge in [0.25, 0.3) is 0 Å². The number of hydrogen-bond donors (Lipinski definition) is 0. The Labute approximate surface area is 179 Å². The molecule has 2 heterocycles. The minimum Gasteiger partial charge on any atom is -0.465 e. The summed E-state index contributed by atoms with van der Waals surface area (Å²) < 4.78 is 15.9. The second-order valence-corrected chi connectivity index (χ2v) is 7.29. The molecule has 0 saturated carbocycles. The molecular formula is C23H23NO7. The lowest BCUT2D eigenvalue weighted by Gasteiger charge is -2.24. The molecule has 0 N–H and O–H groups in total. The summed E-state index contributed by atoms with van der Waals surface area (Å²) in [6.45, 7) is 2.00. The number of cyclic esters (lactones) is 1. The fourth-order valence-corrected chi connectivity index (χ4v) is 3.84. The Hall–Kier alpha value is -3.23. The van der Waals surface area contributed by atoms with Crippen LogP contribution in [0.4, 0.5) is 0 Å². The van der Waals surface area contributed by atoms with Crippen LogP contribution in [0.15, 0.2) is 60.7 Å². The summed E-state index contributed by atoms with van der Waals surface area (Å²) in [5.41, 5.74) is 1.31. The zero-order chi connectivity index (χ0) is 21.8. The van der Waals surface area contributed by atoms with Gasteiger partial charge in [0.15, 0.2) is 6.10 Å². The summed E-state index contributed by atoms with van der Waals surface area (Å²) in [7, 11) is 0. The normalized spacial score (nSPS) is 25.0. The lowest BCUT2D eigenvalue weighted by molar-refractivity contribution is -0.204. The SMILES string of the molecule is CCOC(=O)[C@@H]1[C@H]2C(=O)O[C@H](COC(=O)c3ccccc3)[C@H]2ON1Cc1ccccc1. The molecule has 4 rings (SSSR count). The summed E-state index contributed by atoms with van der Waals surface area (Å²) in [6.07, 6.45) is -1.57. The van der Waals surface area contributed by atoms with E-state index in [0.29, 0.717) is 12.1 Å². The molecule has 0 spiro atoms. The van der Waals surface area contributed by atoms with Crippen molar-refractivity contribution in [2.45, 2.75) is 31.7 Å². The Kier molecular flexibility index (Phi) is 6.29. The van der Waals surface area contributed by atoms with Crippen LogP contribution in [0.5, 0.6) is 0 Å². The topological polar surface area (TPSA) is 91.4 Å². The number of rotatable bonds is 7. The number of fused-ring (bicyclic) bond motifs is 1. The predicted octanol–water partition coefficient (Wildman–Crippen LogP) is 2.13. The largest absolute Gasteiger partial charge is 0.465 e. The minimum atomic E-state index is -0.938. The fourth-order valence-electron chi connectivity index (χ4n) is 3.84. The van der Waals surface area contributed by atoms with Gasteiger partial charge < -0.3 is 14.2 Å². The van der Waals surface area contributed by atoms with Crippen molar-refractivity contribution in [1.29, 1.82) is 0 Å². The number of hydroxylamine groups is 2. The van der Waals surface area contributed by atoms with E-state index in [9.17, 15) is 14.4 Å². The molecular weight excluding hydrogens is 402 g/mol. The average molecular weight is 425 g/mol. The van der Waals surface area contributed by atoms with E-state index in [1.807, 2.05) is 30.3 Å². The van der Waals surface area contributed by atoms with Crippen LogP contribution in [0.1, 0.15) is 22.8 Å². The molecule has 2 aromatic carbocycles. The number of carbonyl (C=O) groups excluding carboxylic acids is 3. The highest BCUT2D eigenvalue weighted by Crippen LogP contribution is 2.38. The molecule has 0 unspecified atom stereocenters. The van der Waals surface area contributed by atoms with E-state index in [0.717, 1.165) is 5.56 Å². The average Bonchev–Trinajstić information content (AvgIpc) is 3.30. The van der Waals surface area contributed by atoms with Crippen molar-refractivity contribution in [3.8, 4) is 0 Å². The van der Waals surface area contributed by atoms with Gasteiger partial charge in [0.05, 0.1) is 18.7 Å². The number of hydrogen-bond acceptors (Lipinski definition) is 8. The van der Waals surface area contributed by atoms with E-state index in [4.69, 9.17) is 19.0 Å². The highest BCUT2D eigenvalue weighted by molar-refractivity contribution is 5.89. The van der Waals surface area contributed by atoms with Gasteiger partial charge in [-0.15, -0.1) is 0 Å². The van der Waals surface area contributed by atoms with Crippen LogP contribution in [-0.4, -0.2) is 54.4 Å². The van der Waals surface area contributed by atoms with Gasteiger partial charge in [-0.3, -0.25) is 14.4 Å². The van der Waals surface area contributed by atoms with Gasteiger partial charge in [0.1, 0.15) is 24.7 Å². The summed E-state index contributed by atoms with van der Waals surface area (Å²) in [5.74, 6) is -2.51. The van der Waals surface area contributed by atoms with Crippen molar-refractivity contribution in [3.05, 3.63) is 71.8 Å². The number of carbonyl (C=O) groups is 3. The lowest BCUT2D eigenvalue weighted by atomic mass is 9.94. The zero-order valence-corrected chi connectivity index (χ0v) is 17.0. The lowest BCUT2D eigenvalue weighted by Crippen LogP contribution is -2.42. The van der Waals surface area contributed by atoms with E-state index < -0.39 is 42.1 Å². The summed E-state index contributed by atoms with van der Waals surface area (Å²) in [5, 5.41) is 1.47. The molecule has 2 aliphatic heterocycles. The molecule has 31 heavy (non-hydrogen) atoms. The number of benzene rings is 2. The van der Waals surface area contributed by atoms with Crippen LogP contribution in [0, 0.1) is 5.92 Å². The third-order valence-electron chi connectivity index (χ3n) is 5.27. The molecule has 0 amide bonds. The molecule has 2 aliphatic rings. The maximum atomic E-state index is 12.7. The van der Waals surface area contributed by atoms with Crippen LogP contribution >= 0.6 is 0 Å². The number of esters is 3. The number of ether oxygens (including phenoxy) is 3. The molecule has 2 saturated heterocycles. The first kappa shape index (κ1) is 21.0. The van der Waals surface area contributed by atoms with Crippen LogP contribution in [0.25, 0.3) is 0 Å². The Balaban J connectivity index is 1.49. The van der Waals surface area contributed by atoms with Crippen molar-refractivity contribution in [3.63, 3.8) is 0 Å². The molecule has 2 fully saturated rings. The van der Waals surface area contributed by atoms with Crippen molar-refractivity contribution < 1.29 is 33.4 Å². The second-order valence-electron chi connectivity index (χ2n) is 7.29. The maximum Gasteiger partial charge on any atom is 0.338 e. The molecule has 8 nitrogen and oxygen atoms in total. The van der Waals surface area contributed by atoms with Crippen molar-refractivity contribution in [2.24, 2.45) is 5.92 Å². The molecule has 0 aliphatic carbocycles. The third kappa shape index (κ3) is 4.45. The van der Waals surface area contributed by atoms with Gasteiger partial charge in [-0.05, 0) is 24.6 Å². The Bertz CT molecular complexity index is 933. The molecule has 0 bridgehead atoms. The summed E-state index contributed by atoms with van der Waals surface area (Å²) >= 11 is 0. The Morgan fingerprint density at radius 1 is 1.00 bits per heavy atom. The van der Waals surface area contributed by atoms with E-state index in [1.54, 1.807) is 37.3 Å². The summed E-state index contributed by atoms with van der Waals surface area (Å²) in [4.78, 5) is 43.5. The van der Waals surface area contributed by atoms with Crippen molar-refractivity contribution in [2.75, 3.05) is 13.2 Å². The first-order valence-corrected chi connectivity index (χ1v) is 10.1. The first-order valence-electron chi connectivity index (χ1n) is 10.1. The minimum absolute atomic E-state index is 0.171. The van der Waals surface area contributed by atoms with E-state index in [2.05, 4.69) is 0 Å². The molecule has 162 valence electrons. The molecule has 0 aromatic heterocycles. The van der Waals surface area contributed by atoms with Gasteiger partial charge in [-0.1, -0.05) is 48.5 Å². The monoisotopic (exact) mass is 425 g/mol. The quantitative estimate of drug-likeness (QED) is 0.492. The third-order valence-corrected chi connectivity index (χ3v) is 5.27. The highest BCUT2D eigenvalue weighted by atomic mass is 16.7. The molecule has 2 aromatic rings. The maximum absolute atomic E-state index is 12.7. The Morgan fingerprint density at radius 2 is 1.68 bits per heavy atom. The smallest absolute Gasteiger partial charge is 0.338 e. The second kappa shape index (κ2) is 9.28. The van der Waals surface area contributed by atoms with Crippen molar-refractivity contribution in [1.82, 2.24) is 5.06 Å². The zero-order valence-electron chi connectivity index (χ0n) is 17.0. The van der Waals surface area contributed by atoms with E-state index >= 15 is 0 Å². The van der Waals surface area contributed by atoms with E-state index in [-0.39, 0.29) is 13.2 Å². The number of nitrogens with zero attached hydrogens (tertiary/aromatic N) is 1. The van der Waals surface area contributed by atoms with Crippen LogP contribution in [0.2, 0.25) is 0 Å². The first-order chi connectivity index (χ1) is 15.1. The van der Waals surface area contributed by atoms with Gasteiger partial charge >= 0.3 is 17.9 Å². The van der Waals surface area contributed by atoms with Crippen LogP contribution < -0.4 is 0 Å². The van der Waals surface area contributed by atoms with Gasteiger partial charge in [0.2, 0.25) is 0 Å². The molecule has 8 heteroatoms. The van der Waals surface area contributed by atoms with E-state index in [1.165, 1.54) is 5.06 Å². The molecule has 4 atom stereocenters. The summed E-state index contributed by atoms with van der Waals surface area (Å²) in [6, 6.07) is 17.0. The van der Waals surface area contributed by atoms with Gasteiger partial charge in [-0.2, -0.15) is 5.06 Å². The van der Waals surface area contributed by atoms with Gasteiger partial charge in [0, 0.05) is 0 Å². The fraction of sp³-hybridized carbons (Fsp3) is 0.348. The van der Waals surface area contributed by atoms with Gasteiger partial charge in [-0.25, -0.2) is 4.79 Å².